The van der Waals surface area contributed by atoms with Crippen molar-refractivity contribution in [3.8, 4) is 11.8 Å². The van der Waals surface area contributed by atoms with Crippen LogP contribution in [0.25, 0.3) is 0 Å². The molecule has 4 heteroatoms. The summed E-state index contributed by atoms with van der Waals surface area (Å²) < 4.78 is 0. The van der Waals surface area contributed by atoms with Crippen LogP contribution in [0.15, 0.2) is 48.7 Å². The molecule has 1 atom stereocenters. The summed E-state index contributed by atoms with van der Waals surface area (Å²) >= 11 is 0. The Kier molecular flexibility index (Phi) is 6.49. The number of hydrogen-bond acceptors (Lipinski definition) is 3. The summed E-state index contributed by atoms with van der Waals surface area (Å²) in [6.45, 7) is 4.09. The third-order valence-electron chi connectivity index (χ3n) is 4.97. The Hall–Kier alpha value is -2.64. The Morgan fingerprint density at radius 1 is 1.25 bits per heavy atom. The number of hydrogen-bond donors (Lipinski definition) is 1. The van der Waals surface area contributed by atoms with Crippen LogP contribution in [-0.4, -0.2) is 39.1 Å². The summed E-state index contributed by atoms with van der Waals surface area (Å²) in [6.07, 6.45) is 6.88. The van der Waals surface area contributed by atoms with E-state index in [1.165, 1.54) is 0 Å². The van der Waals surface area contributed by atoms with Gasteiger partial charge in [-0.05, 0) is 76.3 Å². The molecule has 2 aromatic rings. The van der Waals surface area contributed by atoms with Gasteiger partial charge in [-0.3, -0.25) is 9.78 Å². The van der Waals surface area contributed by atoms with Crippen LogP contribution in [-0.2, 0) is 6.42 Å². The van der Waals surface area contributed by atoms with Crippen LogP contribution in [0, 0.1) is 11.8 Å². The maximum Gasteiger partial charge on any atom is 0.254 e. The number of piperidine rings is 1. The second-order valence-electron chi connectivity index (χ2n) is 7.90. The summed E-state index contributed by atoms with van der Waals surface area (Å²) in [5.74, 6) is 5.83. The number of aliphatic hydroxyl groups is 1. The second kappa shape index (κ2) is 9.03. The lowest BCUT2D eigenvalue weighted by Crippen LogP contribution is -2.44. The number of amides is 1. The molecular formula is C24H28N2O2. The molecule has 0 saturated carbocycles. The van der Waals surface area contributed by atoms with Crippen molar-refractivity contribution in [1.82, 2.24) is 9.88 Å². The lowest BCUT2D eigenvalue weighted by Gasteiger charge is -2.36. The lowest BCUT2D eigenvalue weighted by atomic mass is 9.96. The molecule has 0 spiro atoms. The topological polar surface area (TPSA) is 53.4 Å². The largest absolute Gasteiger partial charge is 0.378 e. The van der Waals surface area contributed by atoms with E-state index in [2.05, 4.69) is 16.8 Å². The van der Waals surface area contributed by atoms with Gasteiger partial charge in [0.15, 0.2) is 0 Å². The first-order valence-corrected chi connectivity index (χ1v) is 9.99. The van der Waals surface area contributed by atoms with Crippen LogP contribution in [0.5, 0.6) is 0 Å². The first-order chi connectivity index (χ1) is 13.4. The minimum Gasteiger partial charge on any atom is -0.378 e. The van der Waals surface area contributed by atoms with Crippen LogP contribution < -0.4 is 0 Å². The maximum absolute atomic E-state index is 13.2. The first kappa shape index (κ1) is 20.1. The van der Waals surface area contributed by atoms with Gasteiger partial charge < -0.3 is 10.0 Å². The fourth-order valence-corrected chi connectivity index (χ4v) is 3.55. The molecule has 28 heavy (non-hydrogen) atoms. The molecule has 1 aromatic heterocycles. The predicted octanol–water partition coefficient (Wildman–Crippen LogP) is 3.83. The van der Waals surface area contributed by atoms with Gasteiger partial charge in [0, 0.05) is 35.6 Å². The van der Waals surface area contributed by atoms with E-state index in [0.29, 0.717) is 5.56 Å². The Bertz CT molecular complexity index is 859. The molecule has 146 valence electrons. The molecule has 2 heterocycles. The molecule has 1 aliphatic heterocycles. The second-order valence-corrected chi connectivity index (χ2v) is 7.90. The Labute approximate surface area is 167 Å². The zero-order valence-corrected chi connectivity index (χ0v) is 16.7. The molecule has 1 unspecified atom stereocenters. The number of nitrogens with zero attached hydrogens (tertiary/aromatic N) is 2. The number of carbonyl (C=O) groups excluding carboxylic acids is 1. The molecule has 0 bridgehead atoms. The van der Waals surface area contributed by atoms with Gasteiger partial charge in [-0.1, -0.05) is 24.0 Å². The Morgan fingerprint density at radius 2 is 2.11 bits per heavy atom. The van der Waals surface area contributed by atoms with E-state index in [1.807, 2.05) is 53.6 Å². The van der Waals surface area contributed by atoms with Gasteiger partial charge in [0.25, 0.3) is 5.91 Å². The molecule has 1 amide bonds. The molecule has 4 nitrogen and oxygen atoms in total. The minimum absolute atomic E-state index is 0.0672. The predicted molar refractivity (Wildman–Crippen MR) is 111 cm³/mol. The van der Waals surface area contributed by atoms with Crippen molar-refractivity contribution >= 4 is 5.91 Å². The van der Waals surface area contributed by atoms with Gasteiger partial charge in [-0.2, -0.15) is 0 Å². The number of rotatable bonds is 4. The van der Waals surface area contributed by atoms with Gasteiger partial charge in [-0.25, -0.2) is 0 Å². The Morgan fingerprint density at radius 3 is 2.86 bits per heavy atom. The van der Waals surface area contributed by atoms with E-state index >= 15 is 0 Å². The van der Waals surface area contributed by atoms with E-state index in [0.717, 1.165) is 49.9 Å². The summed E-state index contributed by atoms with van der Waals surface area (Å²) in [6, 6.07) is 13.6. The zero-order valence-electron chi connectivity index (χ0n) is 16.7. The van der Waals surface area contributed by atoms with Crippen LogP contribution >= 0.6 is 0 Å². The number of carbonyl (C=O) groups is 1. The number of likely N-dealkylation sites (tertiary alicyclic amines) is 1. The molecule has 1 saturated heterocycles. The van der Waals surface area contributed by atoms with E-state index < -0.39 is 5.60 Å². The van der Waals surface area contributed by atoms with E-state index in [9.17, 15) is 9.90 Å². The smallest absolute Gasteiger partial charge is 0.254 e. The van der Waals surface area contributed by atoms with Crippen molar-refractivity contribution in [2.45, 2.75) is 57.6 Å². The molecule has 0 radical (unpaired) electrons. The van der Waals surface area contributed by atoms with E-state index in [4.69, 9.17) is 0 Å². The van der Waals surface area contributed by atoms with Crippen LogP contribution in [0.1, 0.15) is 61.1 Å². The van der Waals surface area contributed by atoms with Crippen LogP contribution in [0.4, 0.5) is 0 Å². The Balaban J connectivity index is 1.72. The van der Waals surface area contributed by atoms with Gasteiger partial charge in [0.1, 0.15) is 5.60 Å². The van der Waals surface area contributed by atoms with Crippen LogP contribution in [0.3, 0.4) is 0 Å². The number of aromatic nitrogens is 1. The molecule has 1 fully saturated rings. The number of pyridine rings is 1. The summed E-state index contributed by atoms with van der Waals surface area (Å²) in [5, 5.41) is 9.80. The van der Waals surface area contributed by atoms with E-state index in [-0.39, 0.29) is 11.9 Å². The highest BCUT2D eigenvalue weighted by Gasteiger charge is 2.27. The average Bonchev–Trinajstić information content (AvgIpc) is 2.71. The number of aryl methyl sites for hydroxylation is 1. The summed E-state index contributed by atoms with van der Waals surface area (Å²) in [7, 11) is 0. The SMILES string of the molecule is CC(C)(O)C#Cc1cccc(C(=O)N2CCCCC2CCc2ccccn2)c1. The molecule has 0 aliphatic carbocycles. The monoisotopic (exact) mass is 376 g/mol. The molecule has 1 aromatic carbocycles. The molecule has 1 N–H and O–H groups in total. The van der Waals surface area contributed by atoms with Crippen molar-refractivity contribution in [3.05, 3.63) is 65.5 Å². The number of benzene rings is 1. The lowest BCUT2D eigenvalue weighted by molar-refractivity contribution is 0.0601. The van der Waals surface area contributed by atoms with Crippen LogP contribution in [0.2, 0.25) is 0 Å². The minimum atomic E-state index is -1.05. The highest BCUT2D eigenvalue weighted by Crippen LogP contribution is 2.23. The highest BCUT2D eigenvalue weighted by molar-refractivity contribution is 5.94. The molecule has 1 aliphatic rings. The summed E-state index contributed by atoms with van der Waals surface area (Å²) in [5.41, 5.74) is 1.43. The molecule has 3 rings (SSSR count). The normalized spacial score (nSPS) is 17.0. The quantitative estimate of drug-likeness (QED) is 0.825. The third kappa shape index (κ3) is 5.68. The van der Waals surface area contributed by atoms with Gasteiger partial charge >= 0.3 is 0 Å². The molecular weight excluding hydrogens is 348 g/mol. The van der Waals surface area contributed by atoms with Crippen molar-refractivity contribution in [3.63, 3.8) is 0 Å². The van der Waals surface area contributed by atoms with Crippen molar-refractivity contribution in [2.75, 3.05) is 6.54 Å². The van der Waals surface area contributed by atoms with Gasteiger partial charge in [0.2, 0.25) is 0 Å². The van der Waals surface area contributed by atoms with Crippen molar-refractivity contribution in [1.29, 1.82) is 0 Å². The van der Waals surface area contributed by atoms with Gasteiger partial charge in [-0.15, -0.1) is 0 Å². The average molecular weight is 377 g/mol. The fraction of sp³-hybridized carbons (Fsp3) is 0.417. The third-order valence-corrected chi connectivity index (χ3v) is 4.97. The summed E-state index contributed by atoms with van der Waals surface area (Å²) in [4.78, 5) is 19.6. The van der Waals surface area contributed by atoms with Crippen molar-refractivity contribution < 1.29 is 9.90 Å². The first-order valence-electron chi connectivity index (χ1n) is 9.99. The van der Waals surface area contributed by atoms with Gasteiger partial charge in [0.05, 0.1) is 0 Å². The maximum atomic E-state index is 13.2. The zero-order chi connectivity index (χ0) is 20.0. The van der Waals surface area contributed by atoms with E-state index in [1.54, 1.807) is 13.8 Å². The highest BCUT2D eigenvalue weighted by atomic mass is 16.3. The standard InChI is InChI=1S/C24H28N2O2/c1-24(2,28)15-14-19-8-7-9-20(18-19)23(27)26-17-6-4-11-22(26)13-12-21-10-3-5-16-25-21/h3,5,7-10,16,18,22,28H,4,6,11-13,17H2,1-2H3. The van der Waals surface area contributed by atoms with Crippen molar-refractivity contribution in [2.24, 2.45) is 0 Å². The fourth-order valence-electron chi connectivity index (χ4n) is 3.55.